The summed E-state index contributed by atoms with van der Waals surface area (Å²) >= 11 is 0. The lowest BCUT2D eigenvalue weighted by atomic mass is 10.2. The van der Waals surface area contributed by atoms with Crippen molar-refractivity contribution < 1.29 is 4.74 Å². The first-order chi connectivity index (χ1) is 12.4. The normalized spacial score (nSPS) is 10.8. The van der Waals surface area contributed by atoms with Crippen molar-refractivity contribution in [3.63, 3.8) is 0 Å². The average Bonchev–Trinajstić information content (AvgIpc) is 3.12. The summed E-state index contributed by atoms with van der Waals surface area (Å²) in [6.45, 7) is 2.85. The number of ether oxygens (including phenoxy) is 1. The molecule has 0 saturated heterocycles. The lowest BCUT2D eigenvalue weighted by Gasteiger charge is -2.08. The van der Waals surface area contributed by atoms with Crippen molar-refractivity contribution in [3.05, 3.63) is 60.2 Å². The Kier molecular flexibility index (Phi) is 6.08. The number of tetrazole rings is 1. The molecule has 3 rings (SSSR count). The average molecular weight is 338 g/mol. The first kappa shape index (κ1) is 17.1. The van der Waals surface area contributed by atoms with Gasteiger partial charge in [0.05, 0.1) is 5.69 Å². The predicted octanol–water partition coefficient (Wildman–Crippen LogP) is 2.15. The van der Waals surface area contributed by atoms with Crippen LogP contribution in [0.5, 0.6) is 11.8 Å². The molecule has 25 heavy (non-hydrogen) atoms. The van der Waals surface area contributed by atoms with Crippen LogP contribution in [0.25, 0.3) is 5.69 Å². The van der Waals surface area contributed by atoms with Crippen molar-refractivity contribution in [2.24, 2.45) is 0 Å². The fourth-order valence-corrected chi connectivity index (χ4v) is 2.38. The van der Waals surface area contributed by atoms with Crippen LogP contribution in [0.4, 0.5) is 0 Å². The maximum atomic E-state index is 5.81. The molecule has 0 bridgehead atoms. The monoisotopic (exact) mass is 338 g/mol. The lowest BCUT2D eigenvalue weighted by Crippen LogP contribution is -2.19. The van der Waals surface area contributed by atoms with E-state index in [0.717, 1.165) is 31.7 Å². The Hall–Kier alpha value is -2.77. The Morgan fingerprint density at radius 3 is 2.56 bits per heavy atom. The number of hydrogen-bond donors (Lipinski definition) is 2. The summed E-state index contributed by atoms with van der Waals surface area (Å²) in [5.74, 6) is 0.700. The molecule has 0 amide bonds. The second kappa shape index (κ2) is 8.91. The number of aromatic nitrogens is 4. The Bertz CT molecular complexity index is 757. The van der Waals surface area contributed by atoms with E-state index in [1.807, 2.05) is 61.6 Å². The Labute approximate surface area is 147 Å². The van der Waals surface area contributed by atoms with Crippen LogP contribution in [0.3, 0.4) is 0 Å². The van der Waals surface area contributed by atoms with E-state index in [4.69, 9.17) is 4.74 Å². The fraction of sp³-hybridized carbons (Fsp3) is 0.278. The maximum absolute atomic E-state index is 5.81. The van der Waals surface area contributed by atoms with E-state index in [-0.39, 0.29) is 0 Å². The molecule has 0 radical (unpaired) electrons. The molecule has 7 nitrogen and oxygen atoms in total. The highest BCUT2D eigenvalue weighted by atomic mass is 16.5. The number of rotatable bonds is 9. The van der Waals surface area contributed by atoms with E-state index in [0.29, 0.717) is 11.8 Å². The summed E-state index contributed by atoms with van der Waals surface area (Å²) in [5, 5.41) is 18.2. The molecular formula is C18H22N6O. The van der Waals surface area contributed by atoms with E-state index < -0.39 is 0 Å². The van der Waals surface area contributed by atoms with Gasteiger partial charge in [0.15, 0.2) is 0 Å². The quantitative estimate of drug-likeness (QED) is 0.582. The molecule has 1 heterocycles. The van der Waals surface area contributed by atoms with Gasteiger partial charge in [0.25, 0.3) is 0 Å². The lowest BCUT2D eigenvalue weighted by molar-refractivity contribution is 0.427. The third-order valence-corrected chi connectivity index (χ3v) is 3.68. The van der Waals surface area contributed by atoms with Gasteiger partial charge in [-0.25, -0.2) is 0 Å². The molecule has 0 aliphatic heterocycles. The molecule has 7 heteroatoms. The molecule has 130 valence electrons. The molecule has 2 aromatic carbocycles. The summed E-state index contributed by atoms with van der Waals surface area (Å²) in [7, 11) is 1.97. The molecule has 0 aliphatic carbocycles. The van der Waals surface area contributed by atoms with Crippen LogP contribution in [0.1, 0.15) is 12.0 Å². The fourth-order valence-electron chi connectivity index (χ4n) is 2.38. The van der Waals surface area contributed by atoms with Gasteiger partial charge in [-0.2, -0.15) is 4.68 Å². The third kappa shape index (κ3) is 4.85. The standard InChI is InChI=1S/C18H22N6O/c1-19-12-5-13-20-14-15-8-10-17(11-9-15)25-18-21-22-23-24(18)16-6-3-2-4-7-16/h2-4,6-11,19-20H,5,12-14H2,1H3. The van der Waals surface area contributed by atoms with Crippen molar-refractivity contribution >= 4 is 0 Å². The predicted molar refractivity (Wildman–Crippen MR) is 95.9 cm³/mol. The van der Waals surface area contributed by atoms with Crippen LogP contribution in [0.15, 0.2) is 54.6 Å². The van der Waals surface area contributed by atoms with Crippen LogP contribution in [-0.2, 0) is 6.54 Å². The molecule has 2 N–H and O–H groups in total. The SMILES string of the molecule is CNCCCNCc1ccc(Oc2nnnn2-c2ccccc2)cc1. The summed E-state index contributed by atoms with van der Waals surface area (Å²) in [5.41, 5.74) is 2.06. The van der Waals surface area contributed by atoms with E-state index >= 15 is 0 Å². The molecule has 0 atom stereocenters. The minimum absolute atomic E-state index is 0.337. The minimum atomic E-state index is 0.337. The second-order valence-electron chi connectivity index (χ2n) is 5.59. The number of nitrogens with zero attached hydrogens (tertiary/aromatic N) is 4. The zero-order valence-electron chi connectivity index (χ0n) is 14.2. The summed E-state index contributed by atoms with van der Waals surface area (Å²) in [6, 6.07) is 17.9. The van der Waals surface area contributed by atoms with Crippen molar-refractivity contribution in [2.75, 3.05) is 20.1 Å². The molecule has 0 aliphatic rings. The highest BCUT2D eigenvalue weighted by Gasteiger charge is 2.10. The number of benzene rings is 2. The van der Waals surface area contributed by atoms with Crippen LogP contribution in [-0.4, -0.2) is 40.3 Å². The Balaban J connectivity index is 1.58. The molecule has 0 unspecified atom stereocenters. The van der Waals surface area contributed by atoms with E-state index in [1.165, 1.54) is 5.56 Å². The van der Waals surface area contributed by atoms with Crippen molar-refractivity contribution in [3.8, 4) is 17.4 Å². The highest BCUT2D eigenvalue weighted by molar-refractivity contribution is 5.34. The number of nitrogens with one attached hydrogen (secondary N) is 2. The number of hydrogen-bond acceptors (Lipinski definition) is 6. The summed E-state index contributed by atoms with van der Waals surface area (Å²) in [6.07, 6.45) is 1.11. The van der Waals surface area contributed by atoms with Gasteiger partial charge in [-0.15, -0.1) is 0 Å². The van der Waals surface area contributed by atoms with Gasteiger partial charge in [0.1, 0.15) is 5.75 Å². The van der Waals surface area contributed by atoms with Crippen molar-refractivity contribution in [2.45, 2.75) is 13.0 Å². The molecule has 0 fully saturated rings. The number of para-hydroxylation sites is 1. The Morgan fingerprint density at radius 2 is 1.80 bits per heavy atom. The Morgan fingerprint density at radius 1 is 1.00 bits per heavy atom. The smallest absolute Gasteiger partial charge is 0.345 e. The first-order valence-electron chi connectivity index (χ1n) is 8.33. The van der Waals surface area contributed by atoms with Crippen LogP contribution in [0.2, 0.25) is 0 Å². The topological polar surface area (TPSA) is 76.9 Å². The van der Waals surface area contributed by atoms with Gasteiger partial charge in [-0.05, 0) is 66.8 Å². The molecular weight excluding hydrogens is 316 g/mol. The zero-order chi connectivity index (χ0) is 17.3. The van der Waals surface area contributed by atoms with Gasteiger partial charge in [0, 0.05) is 6.54 Å². The molecule has 3 aromatic rings. The molecule has 0 saturated carbocycles. The van der Waals surface area contributed by atoms with Gasteiger partial charge >= 0.3 is 6.01 Å². The van der Waals surface area contributed by atoms with Gasteiger partial charge in [0.2, 0.25) is 0 Å². The van der Waals surface area contributed by atoms with Crippen LogP contribution >= 0.6 is 0 Å². The van der Waals surface area contributed by atoms with Crippen molar-refractivity contribution in [1.29, 1.82) is 0 Å². The third-order valence-electron chi connectivity index (χ3n) is 3.68. The van der Waals surface area contributed by atoms with Gasteiger partial charge < -0.3 is 15.4 Å². The van der Waals surface area contributed by atoms with Gasteiger partial charge in [-0.1, -0.05) is 35.4 Å². The maximum Gasteiger partial charge on any atom is 0.345 e. The second-order valence-corrected chi connectivity index (χ2v) is 5.59. The largest absolute Gasteiger partial charge is 0.423 e. The van der Waals surface area contributed by atoms with Crippen molar-refractivity contribution in [1.82, 2.24) is 30.8 Å². The van der Waals surface area contributed by atoms with E-state index in [9.17, 15) is 0 Å². The summed E-state index contributed by atoms with van der Waals surface area (Å²) in [4.78, 5) is 0. The van der Waals surface area contributed by atoms with Crippen LogP contribution < -0.4 is 15.4 Å². The zero-order valence-corrected chi connectivity index (χ0v) is 14.2. The van der Waals surface area contributed by atoms with Gasteiger partial charge in [-0.3, -0.25) is 0 Å². The highest BCUT2D eigenvalue weighted by Crippen LogP contribution is 2.21. The first-order valence-corrected chi connectivity index (χ1v) is 8.33. The van der Waals surface area contributed by atoms with E-state index in [1.54, 1.807) is 4.68 Å². The minimum Gasteiger partial charge on any atom is -0.423 e. The van der Waals surface area contributed by atoms with E-state index in [2.05, 4.69) is 26.2 Å². The molecule has 0 spiro atoms. The molecule has 1 aromatic heterocycles. The van der Waals surface area contributed by atoms with Crippen LogP contribution in [0, 0.1) is 0 Å². The summed E-state index contributed by atoms with van der Waals surface area (Å²) < 4.78 is 7.38.